The summed E-state index contributed by atoms with van der Waals surface area (Å²) in [7, 11) is 0. The number of hydrogen-bond donors (Lipinski definition) is 3. The van der Waals surface area contributed by atoms with E-state index in [1.54, 1.807) is 35.0 Å². The quantitative estimate of drug-likeness (QED) is 0.617. The third kappa shape index (κ3) is 3.18. The molecule has 8 heteroatoms. The molecule has 0 bridgehead atoms. The number of aryl methyl sites for hydroxylation is 1. The zero-order valence-electron chi connectivity index (χ0n) is 14.3. The van der Waals surface area contributed by atoms with Crippen molar-refractivity contribution >= 4 is 28.7 Å². The highest BCUT2D eigenvalue weighted by Crippen LogP contribution is 2.26. The van der Waals surface area contributed by atoms with Crippen LogP contribution in [0.3, 0.4) is 0 Å². The van der Waals surface area contributed by atoms with Crippen LogP contribution in [0.4, 0.5) is 22.9 Å². The van der Waals surface area contributed by atoms with E-state index in [1.807, 2.05) is 13.0 Å². The van der Waals surface area contributed by atoms with Gasteiger partial charge in [-0.1, -0.05) is 0 Å². The molecule has 0 spiro atoms. The number of carbonyl (C=O) groups is 1. The van der Waals surface area contributed by atoms with Gasteiger partial charge in [-0.25, -0.2) is 9.67 Å². The van der Waals surface area contributed by atoms with Crippen LogP contribution in [-0.4, -0.2) is 20.5 Å². The third-order valence-corrected chi connectivity index (χ3v) is 3.81. The van der Waals surface area contributed by atoms with Gasteiger partial charge >= 0.3 is 0 Å². The first-order valence-electron chi connectivity index (χ1n) is 7.79. The Morgan fingerprint density at radius 2 is 2.04 bits per heavy atom. The molecule has 5 N–H and O–H groups in total. The Hall–Kier alpha value is -3.86. The van der Waals surface area contributed by atoms with Crippen LogP contribution in [0, 0.1) is 18.3 Å². The van der Waals surface area contributed by atoms with Crippen LogP contribution >= 0.6 is 0 Å². The van der Waals surface area contributed by atoms with E-state index in [0.29, 0.717) is 34.1 Å². The van der Waals surface area contributed by atoms with Gasteiger partial charge in [-0.3, -0.25) is 4.79 Å². The van der Waals surface area contributed by atoms with Crippen molar-refractivity contribution < 1.29 is 4.79 Å². The minimum Gasteiger partial charge on any atom is -0.397 e. The summed E-state index contributed by atoms with van der Waals surface area (Å²) in [6.45, 7) is 3.30. The first-order chi connectivity index (χ1) is 12.4. The van der Waals surface area contributed by atoms with E-state index in [-0.39, 0.29) is 11.5 Å². The highest BCUT2D eigenvalue weighted by atomic mass is 16.1. The van der Waals surface area contributed by atoms with E-state index in [1.165, 1.54) is 13.1 Å². The molecule has 0 aliphatic carbocycles. The maximum Gasteiger partial charge on any atom is 0.163 e. The van der Waals surface area contributed by atoms with Crippen LogP contribution < -0.4 is 16.8 Å². The zero-order valence-corrected chi connectivity index (χ0v) is 14.3. The van der Waals surface area contributed by atoms with E-state index < -0.39 is 0 Å². The molecule has 0 atom stereocenters. The number of nitrogens with one attached hydrogen (secondary N) is 1. The lowest BCUT2D eigenvalue weighted by atomic mass is 10.1. The Kier molecular flexibility index (Phi) is 4.29. The summed E-state index contributed by atoms with van der Waals surface area (Å²) < 4.78 is 1.57. The number of hydrogen-bond acceptors (Lipinski definition) is 7. The van der Waals surface area contributed by atoms with Crippen LogP contribution in [0.5, 0.6) is 0 Å². The highest BCUT2D eigenvalue weighted by Gasteiger charge is 2.15. The predicted octanol–water partition coefficient (Wildman–Crippen LogP) is 2.56. The Morgan fingerprint density at radius 3 is 2.65 bits per heavy atom. The molecule has 3 aromatic rings. The molecule has 2 heterocycles. The lowest BCUT2D eigenvalue weighted by molar-refractivity contribution is 0.101. The van der Waals surface area contributed by atoms with Gasteiger partial charge in [-0.05, 0) is 44.2 Å². The molecule has 0 aliphatic rings. The van der Waals surface area contributed by atoms with Gasteiger partial charge in [0.2, 0.25) is 0 Å². The lowest BCUT2D eigenvalue weighted by Gasteiger charge is -2.13. The molecule has 8 nitrogen and oxygen atoms in total. The third-order valence-electron chi connectivity index (χ3n) is 3.81. The van der Waals surface area contributed by atoms with Gasteiger partial charge in [0.15, 0.2) is 17.3 Å². The molecule has 0 fully saturated rings. The largest absolute Gasteiger partial charge is 0.397 e. The van der Waals surface area contributed by atoms with Gasteiger partial charge in [0.05, 0.1) is 23.3 Å². The van der Waals surface area contributed by atoms with Gasteiger partial charge in [-0.15, -0.1) is 0 Å². The summed E-state index contributed by atoms with van der Waals surface area (Å²) in [5.74, 6) is 0.348. The Bertz CT molecular complexity index is 1050. The number of anilines is 4. The lowest BCUT2D eigenvalue weighted by Crippen LogP contribution is -2.08. The van der Waals surface area contributed by atoms with Crippen molar-refractivity contribution in [1.82, 2.24) is 14.8 Å². The molecular formula is C18H17N7O. The summed E-state index contributed by atoms with van der Waals surface area (Å²) in [5, 5.41) is 16.4. The normalized spacial score (nSPS) is 10.3. The van der Waals surface area contributed by atoms with Gasteiger partial charge < -0.3 is 16.8 Å². The monoisotopic (exact) mass is 347 g/mol. The first-order valence-corrected chi connectivity index (χ1v) is 7.79. The Labute approximate surface area is 150 Å². The molecule has 3 rings (SSSR count). The fourth-order valence-corrected chi connectivity index (χ4v) is 2.60. The molecule has 0 saturated carbocycles. The summed E-state index contributed by atoms with van der Waals surface area (Å²) in [5.41, 5.74) is 15.2. The van der Waals surface area contributed by atoms with Crippen LogP contribution in [0.1, 0.15) is 28.7 Å². The molecule has 26 heavy (non-hydrogen) atoms. The van der Waals surface area contributed by atoms with Crippen molar-refractivity contribution in [3.63, 3.8) is 0 Å². The molecule has 0 aliphatic heterocycles. The molecule has 130 valence electrons. The van der Waals surface area contributed by atoms with E-state index >= 15 is 0 Å². The number of carbonyl (C=O) groups excluding carboxylic acids is 1. The molecule has 2 aromatic heterocycles. The second kappa shape index (κ2) is 6.57. The molecular weight excluding hydrogens is 330 g/mol. The second-order valence-corrected chi connectivity index (χ2v) is 5.81. The Balaban J connectivity index is 2.08. The van der Waals surface area contributed by atoms with E-state index in [9.17, 15) is 4.79 Å². The van der Waals surface area contributed by atoms with Crippen LogP contribution in [-0.2, 0) is 0 Å². The van der Waals surface area contributed by atoms with Gasteiger partial charge in [0.1, 0.15) is 6.07 Å². The van der Waals surface area contributed by atoms with Crippen LogP contribution in [0.15, 0.2) is 36.5 Å². The number of rotatable bonds is 4. The average Bonchev–Trinajstić information content (AvgIpc) is 2.98. The number of nitrogen functional groups attached to an aromatic ring is 2. The fraction of sp³-hybridized carbons (Fsp3) is 0.111. The summed E-state index contributed by atoms with van der Waals surface area (Å²) >= 11 is 0. The highest BCUT2D eigenvalue weighted by molar-refractivity contribution is 5.98. The Morgan fingerprint density at radius 1 is 1.27 bits per heavy atom. The topological polar surface area (TPSA) is 136 Å². The minimum absolute atomic E-state index is 0.106. The van der Waals surface area contributed by atoms with Crippen LogP contribution in [0.2, 0.25) is 0 Å². The molecule has 0 amide bonds. The predicted molar refractivity (Wildman–Crippen MR) is 99.4 cm³/mol. The number of aromatic nitrogens is 3. The number of nitriles is 1. The van der Waals surface area contributed by atoms with Crippen molar-refractivity contribution in [2.45, 2.75) is 13.8 Å². The van der Waals surface area contributed by atoms with Crippen molar-refractivity contribution in [1.29, 1.82) is 5.26 Å². The van der Waals surface area contributed by atoms with Gasteiger partial charge in [-0.2, -0.15) is 10.4 Å². The smallest absolute Gasteiger partial charge is 0.163 e. The standard InChI is InChI=1S/C18H17N7O/c1-10-5-14(8-19)24-25(10)17-7-13(3-4-15(17)11(2)26)23-18-16(21)6-12(20)9-22-18/h3-7,9H,20-21H2,1-2H3,(H,22,23). The second-order valence-electron chi connectivity index (χ2n) is 5.81. The van der Waals surface area contributed by atoms with Crippen molar-refractivity contribution in [3.8, 4) is 11.8 Å². The minimum atomic E-state index is -0.106. The molecule has 1 aromatic carbocycles. The average molecular weight is 347 g/mol. The summed E-state index contributed by atoms with van der Waals surface area (Å²) in [6, 6.07) is 10.5. The van der Waals surface area contributed by atoms with Gasteiger partial charge in [0.25, 0.3) is 0 Å². The number of ketones is 1. The number of nitrogens with zero attached hydrogens (tertiary/aromatic N) is 4. The molecule has 0 radical (unpaired) electrons. The van der Waals surface area contributed by atoms with E-state index in [2.05, 4.69) is 15.4 Å². The van der Waals surface area contributed by atoms with Crippen molar-refractivity contribution in [2.75, 3.05) is 16.8 Å². The maximum atomic E-state index is 12.0. The number of benzene rings is 1. The maximum absolute atomic E-state index is 12.0. The number of nitrogens with two attached hydrogens (primary N) is 2. The summed E-state index contributed by atoms with van der Waals surface area (Å²) in [4.78, 5) is 16.2. The van der Waals surface area contributed by atoms with Gasteiger partial charge in [0, 0.05) is 16.9 Å². The summed E-state index contributed by atoms with van der Waals surface area (Å²) in [6.07, 6.45) is 1.50. The zero-order chi connectivity index (χ0) is 18.8. The van der Waals surface area contributed by atoms with Crippen molar-refractivity contribution in [2.24, 2.45) is 0 Å². The van der Waals surface area contributed by atoms with E-state index in [0.717, 1.165) is 5.69 Å². The number of Topliss-reactive ketones (excluding diaryl/α,β-unsaturated/α-hetero) is 1. The van der Waals surface area contributed by atoms with Crippen molar-refractivity contribution in [3.05, 3.63) is 53.5 Å². The molecule has 0 unspecified atom stereocenters. The first kappa shape index (κ1) is 17.0. The fourth-order valence-electron chi connectivity index (χ4n) is 2.60. The number of pyridine rings is 1. The SMILES string of the molecule is CC(=O)c1ccc(Nc2ncc(N)cc2N)cc1-n1nc(C#N)cc1C. The van der Waals surface area contributed by atoms with E-state index in [4.69, 9.17) is 16.7 Å². The molecule has 0 saturated heterocycles. The van der Waals surface area contributed by atoms with Crippen LogP contribution in [0.25, 0.3) is 5.69 Å².